The van der Waals surface area contributed by atoms with Crippen molar-refractivity contribution in [1.82, 2.24) is 20.8 Å². The van der Waals surface area contributed by atoms with Gasteiger partial charge in [-0.3, -0.25) is 9.59 Å². The summed E-state index contributed by atoms with van der Waals surface area (Å²) in [5.41, 5.74) is 7.06. The van der Waals surface area contributed by atoms with Crippen LogP contribution in [0.15, 0.2) is 28.7 Å². The first-order valence-corrected chi connectivity index (χ1v) is 10.0. The number of phenolic OH excluding ortho intramolecular Hbond substituents is 1. The molecule has 1 aromatic carbocycles. The topological polar surface area (TPSA) is 164 Å². The van der Waals surface area contributed by atoms with Crippen LogP contribution in [0, 0.1) is 5.92 Å². The second kappa shape index (κ2) is 11.6. The zero-order chi connectivity index (χ0) is 21.5. The molecule has 1 fully saturated rings. The maximum atomic E-state index is 12.6. The fourth-order valence-electron chi connectivity index (χ4n) is 3.41. The summed E-state index contributed by atoms with van der Waals surface area (Å²) in [5.74, 6) is -0.722. The summed E-state index contributed by atoms with van der Waals surface area (Å²) >= 11 is 0. The van der Waals surface area contributed by atoms with Gasteiger partial charge in [0, 0.05) is 12.3 Å². The molecule has 1 aliphatic heterocycles. The van der Waals surface area contributed by atoms with E-state index in [0.717, 1.165) is 31.5 Å². The number of piperidine rings is 1. The zero-order valence-electron chi connectivity index (χ0n) is 17.0. The Bertz CT molecular complexity index is 854. The number of rotatable bonds is 9. The number of nitrogens with one attached hydrogen (secondary N) is 2. The molecule has 0 radical (unpaired) electrons. The summed E-state index contributed by atoms with van der Waals surface area (Å²) < 4.78 is 5.71. The Morgan fingerprint density at radius 2 is 1.84 bits per heavy atom. The van der Waals surface area contributed by atoms with Crippen LogP contribution >= 0.6 is 12.4 Å². The molecular formula is C20H28ClN5O5. The first-order valence-electron chi connectivity index (χ1n) is 10.0. The maximum absolute atomic E-state index is 12.6. The Morgan fingerprint density at radius 3 is 2.48 bits per heavy atom. The summed E-state index contributed by atoms with van der Waals surface area (Å²) in [6.45, 7) is 1.55. The van der Waals surface area contributed by atoms with Crippen molar-refractivity contribution >= 4 is 24.3 Å². The van der Waals surface area contributed by atoms with Gasteiger partial charge >= 0.3 is 5.97 Å². The lowest BCUT2D eigenvalue weighted by molar-refractivity contribution is -0.137. The molecule has 2 heterocycles. The quantitative estimate of drug-likeness (QED) is 0.378. The molecule has 2 aromatic rings. The number of nitrogens with two attached hydrogens (primary N) is 1. The van der Waals surface area contributed by atoms with Gasteiger partial charge in [-0.05, 0) is 56.5 Å². The minimum atomic E-state index is -0.972. The lowest BCUT2D eigenvalue weighted by Gasteiger charge is -2.24. The van der Waals surface area contributed by atoms with Crippen LogP contribution in [-0.4, -0.2) is 45.4 Å². The lowest BCUT2D eigenvalue weighted by atomic mass is 9.96. The number of carbonyl (C=O) groups is 2. The van der Waals surface area contributed by atoms with Gasteiger partial charge in [0.15, 0.2) is 0 Å². The molecule has 1 saturated heterocycles. The van der Waals surface area contributed by atoms with E-state index in [9.17, 15) is 14.7 Å². The van der Waals surface area contributed by atoms with E-state index >= 15 is 0 Å². The van der Waals surface area contributed by atoms with Gasteiger partial charge in [0.05, 0.1) is 6.04 Å². The summed E-state index contributed by atoms with van der Waals surface area (Å²) in [4.78, 5) is 23.7. The number of benzene rings is 1. The molecular weight excluding hydrogens is 426 g/mol. The van der Waals surface area contributed by atoms with Gasteiger partial charge in [0.2, 0.25) is 17.7 Å². The van der Waals surface area contributed by atoms with Crippen molar-refractivity contribution in [2.24, 2.45) is 11.7 Å². The van der Waals surface area contributed by atoms with Gasteiger partial charge in [0.25, 0.3) is 0 Å². The van der Waals surface area contributed by atoms with Crippen molar-refractivity contribution in [3.63, 3.8) is 0 Å². The van der Waals surface area contributed by atoms with Crippen molar-refractivity contribution in [3.8, 4) is 5.75 Å². The summed E-state index contributed by atoms with van der Waals surface area (Å²) in [6, 6.07) is 5.38. The minimum Gasteiger partial charge on any atom is -0.508 e. The Balaban J connectivity index is 0.00000341. The largest absolute Gasteiger partial charge is 0.508 e. The average Bonchev–Trinajstić information content (AvgIpc) is 3.23. The van der Waals surface area contributed by atoms with Crippen molar-refractivity contribution < 1.29 is 24.2 Å². The normalized spacial score (nSPS) is 16.2. The van der Waals surface area contributed by atoms with E-state index in [1.807, 2.05) is 0 Å². The fraction of sp³-hybridized carbons (Fsp3) is 0.500. The van der Waals surface area contributed by atoms with Crippen LogP contribution in [0.4, 0.5) is 0 Å². The van der Waals surface area contributed by atoms with Gasteiger partial charge < -0.3 is 31.0 Å². The molecule has 0 aliphatic carbocycles. The molecule has 31 heavy (non-hydrogen) atoms. The van der Waals surface area contributed by atoms with Gasteiger partial charge in [-0.1, -0.05) is 12.1 Å². The summed E-state index contributed by atoms with van der Waals surface area (Å²) in [6.07, 6.45) is 1.87. The summed E-state index contributed by atoms with van der Waals surface area (Å²) in [7, 11) is 0. The van der Waals surface area contributed by atoms with Crippen LogP contribution < -0.4 is 16.4 Å². The van der Waals surface area contributed by atoms with Gasteiger partial charge in [-0.15, -0.1) is 22.6 Å². The SMILES string of the molecule is Cl.N[C@@H](Cc1ccc(O)cc1)c1nnc([C@H](CCC(=O)O)NC(=O)C2CCNCC2)o1. The highest BCUT2D eigenvalue weighted by Gasteiger charge is 2.28. The molecule has 0 bridgehead atoms. The Kier molecular flexibility index (Phi) is 9.22. The molecule has 11 heteroatoms. The number of hydrogen-bond acceptors (Lipinski definition) is 8. The predicted molar refractivity (Wildman–Crippen MR) is 114 cm³/mol. The fourth-order valence-corrected chi connectivity index (χ4v) is 3.41. The van der Waals surface area contributed by atoms with E-state index in [1.54, 1.807) is 24.3 Å². The third-order valence-corrected chi connectivity index (χ3v) is 5.14. The van der Waals surface area contributed by atoms with E-state index in [-0.39, 0.29) is 54.6 Å². The number of halogens is 1. The first-order chi connectivity index (χ1) is 14.4. The molecule has 0 unspecified atom stereocenters. The van der Waals surface area contributed by atoms with Crippen molar-refractivity contribution in [2.45, 2.75) is 44.2 Å². The molecule has 2 atom stereocenters. The second-order valence-electron chi connectivity index (χ2n) is 7.47. The summed E-state index contributed by atoms with van der Waals surface area (Å²) in [5, 5.41) is 32.5. The van der Waals surface area contributed by atoms with E-state index in [2.05, 4.69) is 20.8 Å². The van der Waals surface area contributed by atoms with Crippen LogP contribution in [0.25, 0.3) is 0 Å². The number of aromatic nitrogens is 2. The molecule has 1 aromatic heterocycles. The van der Waals surface area contributed by atoms with Crippen LogP contribution in [0.2, 0.25) is 0 Å². The molecule has 3 rings (SSSR count). The van der Waals surface area contributed by atoms with E-state index in [1.165, 1.54) is 0 Å². The number of hydrogen-bond donors (Lipinski definition) is 5. The molecule has 0 spiro atoms. The molecule has 6 N–H and O–H groups in total. The number of aromatic hydroxyl groups is 1. The monoisotopic (exact) mass is 453 g/mol. The number of nitrogens with zero attached hydrogens (tertiary/aromatic N) is 2. The highest BCUT2D eigenvalue weighted by atomic mass is 35.5. The number of carboxylic acid groups (broad SMARTS) is 1. The van der Waals surface area contributed by atoms with Crippen LogP contribution in [0.3, 0.4) is 0 Å². The zero-order valence-corrected chi connectivity index (χ0v) is 17.8. The van der Waals surface area contributed by atoms with Crippen LogP contribution in [0.5, 0.6) is 5.75 Å². The molecule has 10 nitrogen and oxygen atoms in total. The number of amides is 1. The highest BCUT2D eigenvalue weighted by Crippen LogP contribution is 2.23. The van der Waals surface area contributed by atoms with Crippen LogP contribution in [-0.2, 0) is 16.0 Å². The van der Waals surface area contributed by atoms with E-state index in [4.69, 9.17) is 15.3 Å². The minimum absolute atomic E-state index is 0. The standard InChI is InChI=1S/C20H27N5O5.ClH/c21-15(11-12-1-3-14(26)4-2-12)19-24-25-20(30-19)16(5-6-17(27)28)23-18(29)13-7-9-22-10-8-13;/h1-4,13,15-16,22,26H,5-11,21H2,(H,23,29)(H,27,28);1H/t15-,16-;/m0./s1. The lowest BCUT2D eigenvalue weighted by Crippen LogP contribution is -2.39. The third-order valence-electron chi connectivity index (χ3n) is 5.14. The third kappa shape index (κ3) is 7.20. The Morgan fingerprint density at radius 1 is 1.19 bits per heavy atom. The van der Waals surface area contributed by atoms with Gasteiger partial charge in [-0.25, -0.2) is 0 Å². The highest BCUT2D eigenvalue weighted by molar-refractivity contribution is 5.85. The predicted octanol–water partition coefficient (Wildman–Crippen LogP) is 1.46. The molecule has 0 saturated carbocycles. The van der Waals surface area contributed by atoms with Crippen molar-refractivity contribution in [3.05, 3.63) is 41.6 Å². The van der Waals surface area contributed by atoms with Crippen molar-refractivity contribution in [1.29, 1.82) is 0 Å². The smallest absolute Gasteiger partial charge is 0.303 e. The molecule has 1 amide bonds. The number of carboxylic acids is 1. The Labute approximate surface area is 186 Å². The van der Waals surface area contributed by atoms with Gasteiger partial charge in [-0.2, -0.15) is 0 Å². The second-order valence-corrected chi connectivity index (χ2v) is 7.47. The Hall–Kier alpha value is -2.69. The van der Waals surface area contributed by atoms with Gasteiger partial charge in [0.1, 0.15) is 11.8 Å². The first kappa shape index (κ1) is 24.6. The molecule has 1 aliphatic rings. The number of carbonyl (C=O) groups excluding carboxylic acids is 1. The van der Waals surface area contributed by atoms with Crippen molar-refractivity contribution in [2.75, 3.05) is 13.1 Å². The van der Waals surface area contributed by atoms with E-state index < -0.39 is 18.1 Å². The van der Waals surface area contributed by atoms with Crippen LogP contribution in [0.1, 0.15) is 55.1 Å². The number of phenols is 1. The molecule has 170 valence electrons. The van der Waals surface area contributed by atoms with E-state index in [0.29, 0.717) is 6.42 Å². The maximum Gasteiger partial charge on any atom is 0.303 e. The number of aliphatic carboxylic acids is 1. The average molecular weight is 454 g/mol.